The van der Waals surface area contributed by atoms with Crippen molar-refractivity contribution in [3.63, 3.8) is 0 Å². The van der Waals surface area contributed by atoms with E-state index >= 15 is 0 Å². The van der Waals surface area contributed by atoms with Crippen molar-refractivity contribution < 1.29 is 4.39 Å². The molecule has 5 nitrogen and oxygen atoms in total. The number of aromatic nitrogens is 5. The highest BCUT2D eigenvalue weighted by atomic mass is 19.1. The number of rotatable bonds is 3. The summed E-state index contributed by atoms with van der Waals surface area (Å²) in [4.78, 5) is 8.26. The van der Waals surface area contributed by atoms with Crippen LogP contribution in [0, 0.1) is 5.95 Å². The Morgan fingerprint density at radius 1 is 0.778 bits per heavy atom. The Bertz CT molecular complexity index is 1220. The summed E-state index contributed by atoms with van der Waals surface area (Å²) in [5, 5.41) is 4.28. The Kier molecular flexibility index (Phi) is 3.53. The summed E-state index contributed by atoms with van der Waals surface area (Å²) < 4.78 is 16.9. The summed E-state index contributed by atoms with van der Waals surface area (Å²) in [6.45, 7) is 0. The van der Waals surface area contributed by atoms with Crippen LogP contribution in [-0.4, -0.2) is 24.1 Å². The van der Waals surface area contributed by atoms with Crippen molar-refractivity contribution in [2.24, 2.45) is 0 Å². The van der Waals surface area contributed by atoms with E-state index in [-0.39, 0.29) is 0 Å². The van der Waals surface area contributed by atoms with Gasteiger partial charge < -0.3 is 0 Å². The molecule has 0 amide bonds. The van der Waals surface area contributed by atoms with Gasteiger partial charge in [-0.3, -0.25) is 4.40 Å². The molecule has 0 aliphatic rings. The topological polar surface area (TPSA) is 48.0 Å². The number of fused-ring (bicyclic) bond motifs is 1. The van der Waals surface area contributed by atoms with Gasteiger partial charge in [0.05, 0.1) is 17.6 Å². The van der Waals surface area contributed by atoms with Gasteiger partial charge in [0.1, 0.15) is 5.65 Å². The van der Waals surface area contributed by atoms with Gasteiger partial charge in [-0.15, -0.1) is 0 Å². The van der Waals surface area contributed by atoms with E-state index in [2.05, 4.69) is 21.1 Å². The van der Waals surface area contributed by atoms with Gasteiger partial charge in [0.15, 0.2) is 0 Å². The van der Waals surface area contributed by atoms with Gasteiger partial charge in [-0.2, -0.15) is 9.49 Å². The number of hydrogen-bond acceptors (Lipinski definition) is 3. The summed E-state index contributed by atoms with van der Waals surface area (Å²) in [6.07, 6.45) is 9.02. The standard InChI is InChI=1S/C21H14FN5/c22-20-6-5-17(13-23-20)15-7-10-26-19(14-24-21(26)12-15)16-3-1-4-18(11-16)27-9-2-8-25-27/h1-14H. The summed E-state index contributed by atoms with van der Waals surface area (Å²) in [7, 11) is 0. The van der Waals surface area contributed by atoms with Gasteiger partial charge in [0.25, 0.3) is 0 Å². The fourth-order valence-corrected chi connectivity index (χ4v) is 3.15. The van der Waals surface area contributed by atoms with Crippen molar-refractivity contribution in [2.45, 2.75) is 0 Å². The van der Waals surface area contributed by atoms with Crippen molar-refractivity contribution in [3.05, 3.63) is 91.5 Å². The largest absolute Gasteiger partial charge is 0.300 e. The van der Waals surface area contributed by atoms with E-state index in [0.717, 1.165) is 33.7 Å². The van der Waals surface area contributed by atoms with Crippen molar-refractivity contribution in [3.8, 4) is 28.1 Å². The molecule has 0 fully saturated rings. The van der Waals surface area contributed by atoms with Crippen LogP contribution in [0.15, 0.2) is 85.6 Å². The van der Waals surface area contributed by atoms with E-state index in [9.17, 15) is 4.39 Å². The van der Waals surface area contributed by atoms with E-state index in [4.69, 9.17) is 0 Å². The van der Waals surface area contributed by atoms with Gasteiger partial charge >= 0.3 is 0 Å². The molecule has 0 radical (unpaired) electrons. The van der Waals surface area contributed by atoms with Gasteiger partial charge in [0.2, 0.25) is 5.95 Å². The maximum Gasteiger partial charge on any atom is 0.212 e. The molecule has 5 aromatic rings. The fourth-order valence-electron chi connectivity index (χ4n) is 3.15. The molecule has 130 valence electrons. The Labute approximate surface area is 154 Å². The number of pyridine rings is 2. The number of imidazole rings is 1. The Hall–Kier alpha value is -3.80. The van der Waals surface area contributed by atoms with Crippen molar-refractivity contribution in [2.75, 3.05) is 0 Å². The minimum atomic E-state index is -0.486. The first kappa shape index (κ1) is 15.5. The predicted octanol–water partition coefficient (Wildman–Crippen LogP) is 4.39. The molecule has 0 saturated carbocycles. The van der Waals surface area contributed by atoms with Gasteiger partial charge in [-0.1, -0.05) is 12.1 Å². The molecule has 0 saturated heterocycles. The summed E-state index contributed by atoms with van der Waals surface area (Å²) >= 11 is 0. The van der Waals surface area contributed by atoms with E-state index in [1.807, 2.05) is 64.1 Å². The zero-order valence-corrected chi connectivity index (χ0v) is 14.2. The quantitative estimate of drug-likeness (QED) is 0.451. The molecule has 0 spiro atoms. The summed E-state index contributed by atoms with van der Waals surface area (Å²) in [5.74, 6) is -0.486. The average Bonchev–Trinajstić information content (AvgIpc) is 3.38. The average molecular weight is 355 g/mol. The lowest BCUT2D eigenvalue weighted by molar-refractivity contribution is 0.584. The van der Waals surface area contributed by atoms with Crippen molar-refractivity contribution >= 4 is 5.65 Å². The molecule has 27 heavy (non-hydrogen) atoms. The predicted molar refractivity (Wildman–Crippen MR) is 101 cm³/mol. The molecule has 4 heterocycles. The molecule has 0 N–H and O–H groups in total. The molecule has 0 bridgehead atoms. The Balaban J connectivity index is 1.57. The first-order valence-corrected chi connectivity index (χ1v) is 8.47. The number of benzene rings is 1. The first-order chi connectivity index (χ1) is 13.3. The SMILES string of the molecule is Fc1ccc(-c2ccn3c(-c4cccc(-n5cccn5)c4)cnc3c2)cn1. The van der Waals surface area contributed by atoms with E-state index < -0.39 is 5.95 Å². The number of nitrogens with zero attached hydrogens (tertiary/aromatic N) is 5. The molecular formula is C21H14FN5. The molecule has 6 heteroatoms. The fraction of sp³-hybridized carbons (Fsp3) is 0. The smallest absolute Gasteiger partial charge is 0.212 e. The van der Waals surface area contributed by atoms with Gasteiger partial charge in [-0.05, 0) is 48.0 Å². The third-order valence-corrected chi connectivity index (χ3v) is 4.48. The zero-order valence-electron chi connectivity index (χ0n) is 14.2. The molecule has 0 unspecified atom stereocenters. The molecule has 5 rings (SSSR count). The van der Waals surface area contributed by atoms with Crippen LogP contribution in [0.3, 0.4) is 0 Å². The molecule has 0 atom stereocenters. The van der Waals surface area contributed by atoms with Crippen LogP contribution < -0.4 is 0 Å². The summed E-state index contributed by atoms with van der Waals surface area (Å²) in [5.41, 5.74) is 5.63. The molecule has 1 aromatic carbocycles. The minimum Gasteiger partial charge on any atom is -0.300 e. The van der Waals surface area contributed by atoms with E-state index in [1.54, 1.807) is 12.3 Å². The van der Waals surface area contributed by atoms with Crippen LogP contribution in [0.4, 0.5) is 4.39 Å². The minimum absolute atomic E-state index is 0.486. The lowest BCUT2D eigenvalue weighted by Crippen LogP contribution is -1.95. The van der Waals surface area contributed by atoms with E-state index in [1.165, 1.54) is 12.3 Å². The van der Waals surface area contributed by atoms with Crippen LogP contribution in [-0.2, 0) is 0 Å². The van der Waals surface area contributed by atoms with E-state index in [0.29, 0.717) is 0 Å². The third-order valence-electron chi connectivity index (χ3n) is 4.48. The molecule has 4 aromatic heterocycles. The maximum atomic E-state index is 13.0. The molecule has 0 aliphatic carbocycles. The van der Waals surface area contributed by atoms with Crippen molar-refractivity contribution in [1.29, 1.82) is 0 Å². The second kappa shape index (κ2) is 6.17. The lowest BCUT2D eigenvalue weighted by atomic mass is 10.1. The van der Waals surface area contributed by atoms with Crippen molar-refractivity contribution in [1.82, 2.24) is 24.1 Å². The first-order valence-electron chi connectivity index (χ1n) is 8.47. The zero-order chi connectivity index (χ0) is 18.2. The maximum absolute atomic E-state index is 13.0. The lowest BCUT2D eigenvalue weighted by Gasteiger charge is -2.07. The number of hydrogen-bond donors (Lipinski definition) is 0. The monoisotopic (exact) mass is 355 g/mol. The van der Waals surface area contributed by atoms with Gasteiger partial charge in [0, 0.05) is 35.9 Å². The second-order valence-electron chi connectivity index (χ2n) is 6.16. The van der Waals surface area contributed by atoms with Crippen LogP contribution in [0.5, 0.6) is 0 Å². The summed E-state index contributed by atoms with van der Waals surface area (Å²) in [6, 6.07) is 17.1. The highest BCUT2D eigenvalue weighted by Gasteiger charge is 2.09. The third kappa shape index (κ3) is 2.77. The Morgan fingerprint density at radius 3 is 2.56 bits per heavy atom. The molecular weight excluding hydrogens is 341 g/mol. The second-order valence-corrected chi connectivity index (χ2v) is 6.16. The van der Waals surface area contributed by atoms with Gasteiger partial charge in [-0.25, -0.2) is 14.6 Å². The highest BCUT2D eigenvalue weighted by molar-refractivity contribution is 5.71. The van der Waals surface area contributed by atoms with Crippen LogP contribution in [0.2, 0.25) is 0 Å². The normalized spacial score (nSPS) is 11.1. The number of halogens is 1. The van der Waals surface area contributed by atoms with Crippen LogP contribution in [0.25, 0.3) is 33.7 Å². The van der Waals surface area contributed by atoms with Crippen LogP contribution >= 0.6 is 0 Å². The van der Waals surface area contributed by atoms with Crippen LogP contribution in [0.1, 0.15) is 0 Å². The Morgan fingerprint density at radius 2 is 1.74 bits per heavy atom. The molecule has 0 aliphatic heterocycles. The highest BCUT2D eigenvalue weighted by Crippen LogP contribution is 2.26.